The summed E-state index contributed by atoms with van der Waals surface area (Å²) in [6, 6.07) is 17.9. The summed E-state index contributed by atoms with van der Waals surface area (Å²) in [6.45, 7) is 7.24. The predicted octanol–water partition coefficient (Wildman–Crippen LogP) is 5.09. The van der Waals surface area contributed by atoms with Gasteiger partial charge in [-0.15, -0.1) is 0 Å². The zero-order chi connectivity index (χ0) is 14.2. The van der Waals surface area contributed by atoms with E-state index in [1.165, 1.54) is 27.8 Å². The first-order valence-corrected chi connectivity index (χ1v) is 11.0. The van der Waals surface area contributed by atoms with Crippen molar-refractivity contribution in [3.8, 4) is 0 Å². The number of aryl methyl sites for hydroxylation is 2. The second-order valence-electron chi connectivity index (χ2n) is 6.74. The quantitative estimate of drug-likeness (QED) is 0.637. The van der Waals surface area contributed by atoms with Gasteiger partial charge in [0.1, 0.15) is 0 Å². The number of benzene rings is 2. The highest BCUT2D eigenvalue weighted by molar-refractivity contribution is 6.81. The van der Waals surface area contributed by atoms with Crippen LogP contribution in [0.25, 0.3) is 5.57 Å². The van der Waals surface area contributed by atoms with Crippen LogP contribution in [0.1, 0.15) is 22.3 Å². The number of hydrogen-bond donors (Lipinski definition) is 0. The van der Waals surface area contributed by atoms with Gasteiger partial charge < -0.3 is 0 Å². The summed E-state index contributed by atoms with van der Waals surface area (Å²) in [4.78, 5) is 0. The molecule has 0 N–H and O–H groups in total. The molecule has 20 heavy (non-hydrogen) atoms. The van der Waals surface area contributed by atoms with Crippen molar-refractivity contribution in [3.05, 3.63) is 76.5 Å². The summed E-state index contributed by atoms with van der Waals surface area (Å²) in [5.41, 5.74) is 9.91. The van der Waals surface area contributed by atoms with E-state index in [1.807, 2.05) is 0 Å². The maximum Gasteiger partial charge on any atom is 0.0695 e. The lowest BCUT2D eigenvalue weighted by atomic mass is 9.96. The molecule has 0 radical (unpaired) electrons. The molecule has 2 aromatic carbocycles. The molecule has 0 atom stereocenters. The minimum absolute atomic E-state index is 1.15. The van der Waals surface area contributed by atoms with E-state index in [1.54, 1.807) is 0 Å². The Labute approximate surface area is 123 Å². The van der Waals surface area contributed by atoms with Gasteiger partial charge in [-0.25, -0.2) is 0 Å². The minimum Gasteiger partial charge on any atom is -0.0867 e. The molecule has 0 amide bonds. The first-order valence-electron chi connectivity index (χ1n) is 7.44. The Morgan fingerprint density at radius 3 is 1.65 bits per heavy atom. The molecular formula is C19H22Si. The first-order chi connectivity index (χ1) is 9.54. The fraction of sp³-hybridized carbons (Fsp3) is 0.263. The van der Waals surface area contributed by atoms with Crippen molar-refractivity contribution in [2.45, 2.75) is 32.5 Å². The van der Waals surface area contributed by atoms with Crippen molar-refractivity contribution in [2.75, 3.05) is 0 Å². The Hall–Kier alpha value is -1.60. The summed E-state index contributed by atoms with van der Waals surface area (Å²) < 4.78 is 0. The Morgan fingerprint density at radius 1 is 0.750 bits per heavy atom. The lowest BCUT2D eigenvalue weighted by Crippen LogP contribution is -2.17. The van der Waals surface area contributed by atoms with Crippen LogP contribution in [0, 0.1) is 0 Å². The van der Waals surface area contributed by atoms with E-state index < -0.39 is 8.07 Å². The molecule has 0 aliphatic heterocycles. The number of hydrogen-bond acceptors (Lipinski definition) is 0. The summed E-state index contributed by atoms with van der Waals surface area (Å²) in [6.07, 6.45) is 2.30. The van der Waals surface area contributed by atoms with Gasteiger partial charge in [0.25, 0.3) is 0 Å². The van der Waals surface area contributed by atoms with Crippen LogP contribution in [0.5, 0.6) is 0 Å². The molecule has 0 spiro atoms. The lowest BCUT2D eigenvalue weighted by molar-refractivity contribution is 0.965. The molecule has 0 fully saturated rings. The highest BCUT2D eigenvalue weighted by atomic mass is 28.3. The Morgan fingerprint density at radius 2 is 1.20 bits per heavy atom. The Kier molecular flexibility index (Phi) is 3.39. The average molecular weight is 278 g/mol. The molecule has 0 saturated carbocycles. The van der Waals surface area contributed by atoms with E-state index in [4.69, 9.17) is 0 Å². The maximum absolute atomic E-state index is 2.57. The normalized spacial score (nSPS) is 14.2. The fourth-order valence-electron chi connectivity index (χ4n) is 3.01. The van der Waals surface area contributed by atoms with Crippen molar-refractivity contribution in [2.24, 2.45) is 0 Å². The van der Waals surface area contributed by atoms with E-state index in [-0.39, 0.29) is 0 Å². The second kappa shape index (κ2) is 5.06. The van der Waals surface area contributed by atoms with Crippen LogP contribution < -0.4 is 0 Å². The summed E-state index contributed by atoms with van der Waals surface area (Å²) in [5.74, 6) is 0. The summed E-state index contributed by atoms with van der Waals surface area (Å²) >= 11 is 0. The van der Waals surface area contributed by atoms with Crippen LogP contribution in [-0.2, 0) is 12.8 Å². The molecule has 0 aromatic heterocycles. The number of fused-ring (bicyclic) bond motifs is 2. The van der Waals surface area contributed by atoms with Gasteiger partial charge in [0, 0.05) is 0 Å². The van der Waals surface area contributed by atoms with Gasteiger partial charge in [-0.1, -0.05) is 73.9 Å². The van der Waals surface area contributed by atoms with Crippen molar-refractivity contribution in [3.63, 3.8) is 0 Å². The zero-order valence-corrected chi connectivity index (χ0v) is 13.6. The standard InChI is InChI=1S/C19H22Si/c1-20(2,3)14-19-17-10-6-4-8-15(17)12-13-16-9-5-7-11-18(16)19/h4-11,14H,12-13H2,1-3H3. The molecule has 3 rings (SSSR count). The van der Waals surface area contributed by atoms with Crippen molar-refractivity contribution >= 4 is 13.6 Å². The average Bonchev–Trinajstić information content (AvgIpc) is 2.56. The van der Waals surface area contributed by atoms with Gasteiger partial charge in [0.2, 0.25) is 0 Å². The molecule has 0 bridgehead atoms. The maximum atomic E-state index is 2.57. The van der Waals surface area contributed by atoms with E-state index in [9.17, 15) is 0 Å². The highest BCUT2D eigenvalue weighted by Gasteiger charge is 2.20. The van der Waals surface area contributed by atoms with Gasteiger partial charge in [-0.05, 0) is 40.7 Å². The van der Waals surface area contributed by atoms with Crippen LogP contribution in [0.4, 0.5) is 0 Å². The Balaban J connectivity index is 2.27. The van der Waals surface area contributed by atoms with E-state index in [0.717, 1.165) is 12.8 Å². The van der Waals surface area contributed by atoms with Crippen LogP contribution >= 0.6 is 0 Å². The SMILES string of the molecule is C[Si](C)(C)C=C1c2ccccc2CCc2ccccc21. The molecule has 0 unspecified atom stereocenters. The predicted molar refractivity (Wildman–Crippen MR) is 90.7 cm³/mol. The smallest absolute Gasteiger partial charge is 0.0695 e. The van der Waals surface area contributed by atoms with E-state index >= 15 is 0 Å². The topological polar surface area (TPSA) is 0 Å². The summed E-state index contributed by atoms with van der Waals surface area (Å²) in [7, 11) is -1.27. The fourth-order valence-corrected chi connectivity index (χ4v) is 4.18. The largest absolute Gasteiger partial charge is 0.0867 e. The highest BCUT2D eigenvalue weighted by Crippen LogP contribution is 2.34. The second-order valence-corrected chi connectivity index (χ2v) is 11.8. The van der Waals surface area contributed by atoms with Crippen molar-refractivity contribution in [1.82, 2.24) is 0 Å². The third-order valence-corrected chi connectivity index (χ3v) is 5.01. The van der Waals surface area contributed by atoms with E-state index in [0.29, 0.717) is 0 Å². The van der Waals surface area contributed by atoms with Gasteiger partial charge in [-0.3, -0.25) is 0 Å². The van der Waals surface area contributed by atoms with Gasteiger partial charge >= 0.3 is 0 Å². The van der Waals surface area contributed by atoms with Crippen LogP contribution in [-0.4, -0.2) is 8.07 Å². The molecule has 1 aliphatic carbocycles. The third-order valence-electron chi connectivity index (χ3n) is 3.86. The molecular weight excluding hydrogens is 256 g/mol. The molecule has 1 heteroatoms. The van der Waals surface area contributed by atoms with E-state index in [2.05, 4.69) is 73.9 Å². The number of rotatable bonds is 1. The van der Waals surface area contributed by atoms with Gasteiger partial charge in [-0.2, -0.15) is 0 Å². The third kappa shape index (κ3) is 2.64. The molecule has 2 aromatic rings. The van der Waals surface area contributed by atoms with Crippen LogP contribution in [0.3, 0.4) is 0 Å². The zero-order valence-electron chi connectivity index (χ0n) is 12.6. The summed E-state index contributed by atoms with van der Waals surface area (Å²) in [5, 5.41) is 0. The molecule has 0 nitrogen and oxygen atoms in total. The molecule has 102 valence electrons. The van der Waals surface area contributed by atoms with Crippen molar-refractivity contribution < 1.29 is 0 Å². The van der Waals surface area contributed by atoms with Crippen LogP contribution in [0.2, 0.25) is 19.6 Å². The van der Waals surface area contributed by atoms with Crippen molar-refractivity contribution in [1.29, 1.82) is 0 Å². The first kappa shape index (κ1) is 13.4. The van der Waals surface area contributed by atoms with Gasteiger partial charge in [0.15, 0.2) is 0 Å². The Bertz CT molecular complexity index is 610. The molecule has 1 aliphatic rings. The molecule has 0 saturated heterocycles. The lowest BCUT2D eigenvalue weighted by Gasteiger charge is -2.17. The minimum atomic E-state index is -1.27. The monoisotopic (exact) mass is 278 g/mol. The van der Waals surface area contributed by atoms with Gasteiger partial charge in [0.05, 0.1) is 8.07 Å². The van der Waals surface area contributed by atoms with Crippen LogP contribution in [0.15, 0.2) is 54.2 Å². The molecule has 0 heterocycles.